The standard InChI is InChI=1S/C22H22Cl2N4O3/c1-2-11-28(13-19-26-18-12-16(24)7-8-17(18)22(31)27-19)20(29)9-10-25-21(30)14-3-5-15(23)6-4-14/h3-8,12H,2,9-11,13H2,1H3,(H,25,30)(H,26,27,31). The van der Waals surface area contributed by atoms with Crippen molar-refractivity contribution in [1.29, 1.82) is 0 Å². The van der Waals surface area contributed by atoms with Gasteiger partial charge in [0.2, 0.25) is 5.91 Å². The van der Waals surface area contributed by atoms with Crippen LogP contribution in [0.3, 0.4) is 0 Å². The van der Waals surface area contributed by atoms with E-state index in [1.807, 2.05) is 6.92 Å². The van der Waals surface area contributed by atoms with Crippen LogP contribution in [0.2, 0.25) is 10.0 Å². The van der Waals surface area contributed by atoms with Gasteiger partial charge in [0.1, 0.15) is 5.82 Å². The van der Waals surface area contributed by atoms with Crippen molar-refractivity contribution in [1.82, 2.24) is 20.2 Å². The molecule has 1 heterocycles. The molecule has 2 aromatic carbocycles. The van der Waals surface area contributed by atoms with Gasteiger partial charge in [-0.2, -0.15) is 0 Å². The molecule has 0 aliphatic carbocycles. The monoisotopic (exact) mass is 460 g/mol. The maximum Gasteiger partial charge on any atom is 0.258 e. The Kier molecular flexibility index (Phi) is 7.65. The van der Waals surface area contributed by atoms with E-state index in [0.717, 1.165) is 6.42 Å². The molecule has 1 aromatic heterocycles. The summed E-state index contributed by atoms with van der Waals surface area (Å²) in [5.41, 5.74) is 0.667. The zero-order valence-corrected chi connectivity index (χ0v) is 18.5. The van der Waals surface area contributed by atoms with Crippen LogP contribution in [0, 0.1) is 0 Å². The van der Waals surface area contributed by atoms with Gasteiger partial charge in [0.25, 0.3) is 11.5 Å². The first-order valence-corrected chi connectivity index (χ1v) is 10.6. The highest BCUT2D eigenvalue weighted by atomic mass is 35.5. The van der Waals surface area contributed by atoms with Crippen LogP contribution in [0.4, 0.5) is 0 Å². The molecule has 31 heavy (non-hydrogen) atoms. The second-order valence-corrected chi connectivity index (χ2v) is 7.88. The molecule has 0 saturated carbocycles. The number of carbonyl (C=O) groups excluding carboxylic acids is 2. The van der Waals surface area contributed by atoms with Crippen LogP contribution in [0.5, 0.6) is 0 Å². The molecule has 0 atom stereocenters. The van der Waals surface area contributed by atoms with Crippen molar-refractivity contribution in [3.63, 3.8) is 0 Å². The lowest BCUT2D eigenvalue weighted by Crippen LogP contribution is -2.35. The Labute approximate surface area is 189 Å². The van der Waals surface area contributed by atoms with E-state index in [1.165, 1.54) is 0 Å². The maximum absolute atomic E-state index is 12.7. The van der Waals surface area contributed by atoms with Gasteiger partial charge in [-0.25, -0.2) is 4.98 Å². The Hall–Kier alpha value is -2.90. The first-order valence-electron chi connectivity index (χ1n) is 9.87. The van der Waals surface area contributed by atoms with Crippen LogP contribution >= 0.6 is 23.2 Å². The molecule has 0 fully saturated rings. The number of H-pyrrole nitrogens is 1. The van der Waals surface area contributed by atoms with Crippen molar-refractivity contribution in [3.05, 3.63) is 74.3 Å². The molecule has 162 valence electrons. The Bertz CT molecular complexity index is 1150. The zero-order valence-electron chi connectivity index (χ0n) is 17.0. The van der Waals surface area contributed by atoms with Gasteiger partial charge in [-0.15, -0.1) is 0 Å². The Morgan fingerprint density at radius 1 is 1.10 bits per heavy atom. The van der Waals surface area contributed by atoms with Crippen LogP contribution in [-0.4, -0.2) is 39.8 Å². The summed E-state index contributed by atoms with van der Waals surface area (Å²) >= 11 is 11.8. The number of aromatic nitrogens is 2. The number of nitrogens with zero attached hydrogens (tertiary/aromatic N) is 2. The fourth-order valence-corrected chi connectivity index (χ4v) is 3.42. The summed E-state index contributed by atoms with van der Waals surface area (Å²) in [4.78, 5) is 46.0. The number of aromatic amines is 1. The summed E-state index contributed by atoms with van der Waals surface area (Å²) in [6.07, 6.45) is 0.871. The zero-order chi connectivity index (χ0) is 22.4. The molecular weight excluding hydrogens is 439 g/mol. The van der Waals surface area contributed by atoms with Gasteiger partial charge < -0.3 is 15.2 Å². The van der Waals surface area contributed by atoms with Crippen molar-refractivity contribution in [2.45, 2.75) is 26.3 Å². The molecule has 0 unspecified atom stereocenters. The average molecular weight is 461 g/mol. The van der Waals surface area contributed by atoms with Crippen LogP contribution in [0.15, 0.2) is 47.3 Å². The molecule has 0 aliphatic heterocycles. The third-order valence-corrected chi connectivity index (χ3v) is 5.12. The van der Waals surface area contributed by atoms with Crippen molar-refractivity contribution in [3.8, 4) is 0 Å². The third kappa shape index (κ3) is 6.06. The summed E-state index contributed by atoms with van der Waals surface area (Å²) in [7, 11) is 0. The van der Waals surface area contributed by atoms with Crippen molar-refractivity contribution in [2.24, 2.45) is 0 Å². The Balaban J connectivity index is 1.64. The predicted molar refractivity (Wildman–Crippen MR) is 121 cm³/mol. The topological polar surface area (TPSA) is 95.2 Å². The number of carbonyl (C=O) groups is 2. The number of rotatable bonds is 8. The van der Waals surface area contributed by atoms with Crippen LogP contribution < -0.4 is 10.9 Å². The second-order valence-electron chi connectivity index (χ2n) is 7.00. The molecule has 7 nitrogen and oxygen atoms in total. The lowest BCUT2D eigenvalue weighted by atomic mass is 10.2. The Morgan fingerprint density at radius 3 is 2.52 bits per heavy atom. The first-order chi connectivity index (χ1) is 14.9. The molecule has 0 bridgehead atoms. The number of hydrogen-bond donors (Lipinski definition) is 2. The van der Waals surface area contributed by atoms with E-state index in [1.54, 1.807) is 47.4 Å². The van der Waals surface area contributed by atoms with Gasteiger partial charge in [-0.3, -0.25) is 14.4 Å². The minimum Gasteiger partial charge on any atom is -0.352 e. The van der Waals surface area contributed by atoms with Gasteiger partial charge in [0, 0.05) is 35.1 Å². The van der Waals surface area contributed by atoms with Gasteiger partial charge >= 0.3 is 0 Å². The predicted octanol–water partition coefficient (Wildman–Crippen LogP) is 3.79. The number of amides is 2. The largest absolute Gasteiger partial charge is 0.352 e. The number of halogens is 2. The van der Waals surface area contributed by atoms with E-state index in [0.29, 0.717) is 38.9 Å². The normalized spacial score (nSPS) is 10.8. The Morgan fingerprint density at radius 2 is 1.81 bits per heavy atom. The number of fused-ring (bicyclic) bond motifs is 1. The lowest BCUT2D eigenvalue weighted by Gasteiger charge is -2.22. The minimum absolute atomic E-state index is 0.128. The van der Waals surface area contributed by atoms with Crippen molar-refractivity contribution < 1.29 is 9.59 Å². The molecule has 3 aromatic rings. The summed E-state index contributed by atoms with van der Waals surface area (Å²) in [6, 6.07) is 11.4. The number of hydrogen-bond acceptors (Lipinski definition) is 4. The summed E-state index contributed by atoms with van der Waals surface area (Å²) in [6.45, 7) is 2.81. The summed E-state index contributed by atoms with van der Waals surface area (Å²) in [5, 5.41) is 4.20. The van der Waals surface area contributed by atoms with E-state index in [9.17, 15) is 14.4 Å². The van der Waals surface area contributed by atoms with E-state index in [4.69, 9.17) is 23.2 Å². The molecule has 2 N–H and O–H groups in total. The maximum atomic E-state index is 12.7. The number of benzene rings is 2. The van der Waals surface area contributed by atoms with Crippen LogP contribution in [0.25, 0.3) is 10.9 Å². The smallest absolute Gasteiger partial charge is 0.258 e. The summed E-state index contributed by atoms with van der Waals surface area (Å²) in [5.74, 6) is -0.0391. The molecule has 3 rings (SSSR count). The van der Waals surface area contributed by atoms with Crippen LogP contribution in [0.1, 0.15) is 35.9 Å². The van der Waals surface area contributed by atoms with E-state index < -0.39 is 0 Å². The van der Waals surface area contributed by atoms with Gasteiger partial charge in [0.05, 0.1) is 17.4 Å². The SMILES string of the molecule is CCCN(Cc1nc2cc(Cl)ccc2c(=O)[nH]1)C(=O)CCNC(=O)c1ccc(Cl)cc1. The van der Waals surface area contributed by atoms with Gasteiger partial charge in [-0.05, 0) is 48.9 Å². The minimum atomic E-state index is -0.282. The molecule has 0 spiro atoms. The van der Waals surface area contributed by atoms with Crippen LogP contribution in [-0.2, 0) is 11.3 Å². The third-order valence-electron chi connectivity index (χ3n) is 4.64. The highest BCUT2D eigenvalue weighted by Gasteiger charge is 2.16. The molecule has 0 saturated heterocycles. The van der Waals surface area contributed by atoms with Gasteiger partial charge in [-0.1, -0.05) is 30.1 Å². The highest BCUT2D eigenvalue weighted by molar-refractivity contribution is 6.31. The van der Waals surface area contributed by atoms with Crippen molar-refractivity contribution in [2.75, 3.05) is 13.1 Å². The van der Waals surface area contributed by atoms with E-state index in [2.05, 4.69) is 15.3 Å². The fraction of sp³-hybridized carbons (Fsp3) is 0.273. The average Bonchev–Trinajstić information content (AvgIpc) is 2.73. The molecule has 0 radical (unpaired) electrons. The number of nitrogens with one attached hydrogen (secondary N) is 2. The first kappa shape index (κ1) is 22.8. The van der Waals surface area contributed by atoms with Gasteiger partial charge in [0.15, 0.2) is 0 Å². The highest BCUT2D eigenvalue weighted by Crippen LogP contribution is 2.15. The molecule has 2 amide bonds. The molecule has 9 heteroatoms. The lowest BCUT2D eigenvalue weighted by molar-refractivity contribution is -0.131. The molecule has 0 aliphatic rings. The van der Waals surface area contributed by atoms with E-state index in [-0.39, 0.29) is 36.9 Å². The quantitative estimate of drug-likeness (QED) is 0.534. The fourth-order valence-electron chi connectivity index (χ4n) is 3.12. The van der Waals surface area contributed by atoms with Crippen molar-refractivity contribution >= 4 is 45.9 Å². The summed E-state index contributed by atoms with van der Waals surface area (Å²) < 4.78 is 0. The molecular formula is C22H22Cl2N4O3. The van der Waals surface area contributed by atoms with E-state index >= 15 is 0 Å². The second kappa shape index (κ2) is 10.4.